The van der Waals surface area contributed by atoms with Crippen LogP contribution in [0.4, 0.5) is 13.2 Å². The summed E-state index contributed by atoms with van der Waals surface area (Å²) in [5, 5.41) is 4.34. The third-order valence-electron chi connectivity index (χ3n) is 5.19. The lowest BCUT2D eigenvalue weighted by Gasteiger charge is -2.08. The standard InChI is InChI=1S/C21H21F3N6O2/c1-3-8-30-19(31)16-18(29(4-2)20(30)32)27-17(26-16)14-10-25-28(12-14)11-13-6-5-7-15(9-13)21(22,23)24/h5-7,9-10,12,17H,3-4,8,11H2,1-2H3. The van der Waals surface area contributed by atoms with E-state index in [1.165, 1.54) is 26.1 Å². The first-order valence-electron chi connectivity index (χ1n) is 10.2. The second kappa shape index (κ2) is 8.21. The average molecular weight is 446 g/mol. The third kappa shape index (κ3) is 3.90. The van der Waals surface area contributed by atoms with Crippen LogP contribution < -0.4 is 22.1 Å². The second-order valence-electron chi connectivity index (χ2n) is 7.46. The molecule has 4 rings (SSSR count). The molecule has 1 aliphatic rings. The molecule has 1 aliphatic heterocycles. The van der Waals surface area contributed by atoms with E-state index in [0.717, 1.165) is 12.1 Å². The molecule has 0 radical (unpaired) electrons. The Morgan fingerprint density at radius 3 is 2.56 bits per heavy atom. The van der Waals surface area contributed by atoms with Gasteiger partial charge in [-0.25, -0.2) is 14.8 Å². The topological polar surface area (TPSA) is 86.5 Å². The number of rotatable bonds is 6. The van der Waals surface area contributed by atoms with E-state index >= 15 is 0 Å². The van der Waals surface area contributed by atoms with Crippen molar-refractivity contribution in [2.24, 2.45) is 9.98 Å². The van der Waals surface area contributed by atoms with Crippen LogP contribution in [0.3, 0.4) is 0 Å². The van der Waals surface area contributed by atoms with Gasteiger partial charge in [-0.3, -0.25) is 18.6 Å². The number of hydrogen-bond donors (Lipinski definition) is 0. The summed E-state index contributed by atoms with van der Waals surface area (Å²) in [6.45, 7) is 4.43. The highest BCUT2D eigenvalue weighted by molar-refractivity contribution is 5.26. The first-order chi connectivity index (χ1) is 15.2. The lowest BCUT2D eigenvalue weighted by atomic mass is 10.1. The van der Waals surface area contributed by atoms with Gasteiger partial charge in [-0.05, 0) is 31.0 Å². The summed E-state index contributed by atoms with van der Waals surface area (Å²) in [6, 6.07) is 5.04. The molecule has 0 aliphatic carbocycles. The number of fused-ring (bicyclic) bond motifs is 1. The maximum atomic E-state index is 12.9. The van der Waals surface area contributed by atoms with Crippen molar-refractivity contribution < 1.29 is 13.2 Å². The lowest BCUT2D eigenvalue weighted by molar-refractivity contribution is -0.137. The van der Waals surface area contributed by atoms with Gasteiger partial charge in [-0.2, -0.15) is 18.3 Å². The molecule has 0 saturated heterocycles. The molecular formula is C21H21F3N6O2. The summed E-state index contributed by atoms with van der Waals surface area (Å²) in [6.07, 6.45) is -1.40. The Hall–Kier alpha value is -3.50. The minimum Gasteiger partial charge on any atom is -0.277 e. The highest BCUT2D eigenvalue weighted by Gasteiger charge is 2.30. The van der Waals surface area contributed by atoms with Crippen LogP contribution in [0.25, 0.3) is 0 Å². The predicted molar refractivity (Wildman–Crippen MR) is 109 cm³/mol. The van der Waals surface area contributed by atoms with Crippen LogP contribution in [0.15, 0.2) is 56.2 Å². The van der Waals surface area contributed by atoms with E-state index in [4.69, 9.17) is 0 Å². The van der Waals surface area contributed by atoms with Crippen molar-refractivity contribution in [1.29, 1.82) is 0 Å². The van der Waals surface area contributed by atoms with E-state index in [9.17, 15) is 22.8 Å². The van der Waals surface area contributed by atoms with Gasteiger partial charge < -0.3 is 0 Å². The summed E-state index contributed by atoms with van der Waals surface area (Å²) in [5.41, 5.74) is -0.354. The van der Waals surface area contributed by atoms with Crippen LogP contribution in [0.1, 0.15) is 43.1 Å². The van der Waals surface area contributed by atoms with E-state index in [0.29, 0.717) is 30.6 Å². The van der Waals surface area contributed by atoms with Gasteiger partial charge in [-0.1, -0.05) is 19.1 Å². The monoisotopic (exact) mass is 446 g/mol. The summed E-state index contributed by atoms with van der Waals surface area (Å²) in [7, 11) is 0. The zero-order chi connectivity index (χ0) is 23.0. The number of benzene rings is 1. The molecule has 3 aromatic rings. The number of alkyl halides is 3. The van der Waals surface area contributed by atoms with Gasteiger partial charge in [0.05, 0.1) is 18.3 Å². The van der Waals surface area contributed by atoms with Crippen molar-refractivity contribution in [3.63, 3.8) is 0 Å². The number of nitrogens with zero attached hydrogens (tertiary/aromatic N) is 6. The SMILES string of the molecule is CCCn1c(=O)c2c(n(CC)c1=O)=NC(c1cnn(Cc3cccc(C(F)(F)F)c3)c1)N=2. The number of aromatic nitrogens is 4. The molecule has 0 spiro atoms. The summed E-state index contributed by atoms with van der Waals surface area (Å²) >= 11 is 0. The summed E-state index contributed by atoms with van der Waals surface area (Å²) in [4.78, 5) is 34.3. The summed E-state index contributed by atoms with van der Waals surface area (Å²) in [5.74, 6) is 0. The molecule has 0 fully saturated rings. The molecule has 0 bridgehead atoms. The summed E-state index contributed by atoms with van der Waals surface area (Å²) < 4.78 is 42.9. The van der Waals surface area contributed by atoms with Crippen LogP contribution in [0.2, 0.25) is 0 Å². The molecule has 8 nitrogen and oxygen atoms in total. The van der Waals surface area contributed by atoms with Gasteiger partial charge in [0, 0.05) is 24.8 Å². The van der Waals surface area contributed by atoms with Crippen molar-refractivity contribution in [3.05, 3.63) is 85.0 Å². The highest BCUT2D eigenvalue weighted by atomic mass is 19.4. The lowest BCUT2D eigenvalue weighted by Crippen LogP contribution is -2.57. The highest BCUT2D eigenvalue weighted by Crippen LogP contribution is 2.29. The van der Waals surface area contributed by atoms with Gasteiger partial charge in [-0.15, -0.1) is 0 Å². The van der Waals surface area contributed by atoms with Gasteiger partial charge >= 0.3 is 11.9 Å². The fraction of sp³-hybridized carbons (Fsp3) is 0.381. The van der Waals surface area contributed by atoms with E-state index in [2.05, 4.69) is 15.1 Å². The van der Waals surface area contributed by atoms with Crippen molar-refractivity contribution >= 4 is 0 Å². The number of halogens is 3. The van der Waals surface area contributed by atoms with E-state index in [1.807, 2.05) is 6.92 Å². The Morgan fingerprint density at radius 2 is 1.88 bits per heavy atom. The van der Waals surface area contributed by atoms with Gasteiger partial charge in [0.2, 0.25) is 0 Å². The van der Waals surface area contributed by atoms with Crippen LogP contribution in [-0.4, -0.2) is 18.9 Å². The minimum absolute atomic E-state index is 0.132. The van der Waals surface area contributed by atoms with Gasteiger partial charge in [0.25, 0.3) is 5.56 Å². The smallest absolute Gasteiger partial charge is 0.277 e. The average Bonchev–Trinajstić information content (AvgIpc) is 3.39. The first kappa shape index (κ1) is 21.7. The molecule has 0 N–H and O–H groups in total. The van der Waals surface area contributed by atoms with Crippen LogP contribution >= 0.6 is 0 Å². The molecule has 3 heterocycles. The van der Waals surface area contributed by atoms with Crippen LogP contribution in [-0.2, 0) is 25.8 Å². The molecule has 168 valence electrons. The largest absolute Gasteiger partial charge is 0.416 e. The van der Waals surface area contributed by atoms with E-state index < -0.39 is 29.2 Å². The Morgan fingerprint density at radius 1 is 1.09 bits per heavy atom. The van der Waals surface area contributed by atoms with Crippen LogP contribution in [0, 0.1) is 0 Å². The second-order valence-corrected chi connectivity index (χ2v) is 7.46. The predicted octanol–water partition coefficient (Wildman–Crippen LogP) is 1.66. The zero-order valence-corrected chi connectivity index (χ0v) is 17.5. The van der Waals surface area contributed by atoms with Crippen molar-refractivity contribution in [2.45, 2.75) is 52.2 Å². The molecule has 1 atom stereocenters. The van der Waals surface area contributed by atoms with Crippen molar-refractivity contribution in [3.8, 4) is 0 Å². The Balaban J connectivity index is 1.67. The molecule has 11 heteroatoms. The normalized spacial score (nSPS) is 15.3. The van der Waals surface area contributed by atoms with Crippen molar-refractivity contribution in [2.75, 3.05) is 0 Å². The van der Waals surface area contributed by atoms with E-state index in [-0.39, 0.29) is 17.4 Å². The fourth-order valence-electron chi connectivity index (χ4n) is 3.67. The first-order valence-corrected chi connectivity index (χ1v) is 10.2. The van der Waals surface area contributed by atoms with Gasteiger partial charge in [0.1, 0.15) is 0 Å². The van der Waals surface area contributed by atoms with E-state index in [1.54, 1.807) is 19.2 Å². The molecule has 1 unspecified atom stereocenters. The van der Waals surface area contributed by atoms with Crippen LogP contribution in [0.5, 0.6) is 0 Å². The molecular weight excluding hydrogens is 425 g/mol. The Kier molecular flexibility index (Phi) is 5.57. The molecule has 2 aromatic heterocycles. The molecule has 0 saturated carbocycles. The quantitative estimate of drug-likeness (QED) is 0.577. The third-order valence-corrected chi connectivity index (χ3v) is 5.19. The Labute approximate surface area is 180 Å². The maximum Gasteiger partial charge on any atom is 0.416 e. The van der Waals surface area contributed by atoms with Gasteiger partial charge in [0.15, 0.2) is 17.0 Å². The zero-order valence-electron chi connectivity index (χ0n) is 17.5. The molecule has 1 aromatic carbocycles. The number of hydrogen-bond acceptors (Lipinski definition) is 5. The fourth-order valence-corrected chi connectivity index (χ4v) is 3.67. The molecule has 0 amide bonds. The minimum atomic E-state index is -4.42. The molecule has 32 heavy (non-hydrogen) atoms. The Bertz CT molecular complexity index is 1400. The van der Waals surface area contributed by atoms with Crippen molar-refractivity contribution in [1.82, 2.24) is 18.9 Å². The maximum absolute atomic E-state index is 12.9.